The van der Waals surface area contributed by atoms with Crippen molar-refractivity contribution in [2.24, 2.45) is 0 Å². The number of aryl methyl sites for hydroxylation is 1. The second-order valence-electron chi connectivity index (χ2n) is 3.62. The van der Waals surface area contributed by atoms with Crippen molar-refractivity contribution in [2.45, 2.75) is 12.8 Å². The summed E-state index contributed by atoms with van der Waals surface area (Å²) in [7, 11) is 0. The van der Waals surface area contributed by atoms with Gasteiger partial charge in [0.25, 0.3) is 0 Å². The van der Waals surface area contributed by atoms with Crippen molar-refractivity contribution in [1.82, 2.24) is 10.2 Å². The van der Waals surface area contributed by atoms with Crippen LogP contribution in [0.4, 0.5) is 5.82 Å². The number of hydrogen-bond acceptors (Lipinski definition) is 3. The zero-order chi connectivity index (χ0) is 11.1. The molecule has 0 atom stereocenters. The van der Waals surface area contributed by atoms with Gasteiger partial charge in [-0.1, -0.05) is 30.3 Å². The van der Waals surface area contributed by atoms with Crippen LogP contribution in [0.3, 0.4) is 0 Å². The van der Waals surface area contributed by atoms with Crippen LogP contribution < -0.4 is 5.32 Å². The zero-order valence-electron chi connectivity index (χ0n) is 9.13. The Bertz CT molecular complexity index is 359. The minimum absolute atomic E-state index is 0.843. The summed E-state index contributed by atoms with van der Waals surface area (Å²) in [5.41, 5.74) is 1.38. The molecule has 2 aromatic rings. The first-order valence-corrected chi connectivity index (χ1v) is 5.50. The maximum absolute atomic E-state index is 3.96. The van der Waals surface area contributed by atoms with Gasteiger partial charge in [0, 0.05) is 12.7 Å². The summed E-state index contributed by atoms with van der Waals surface area (Å²) in [5, 5.41) is 11.0. The Morgan fingerprint density at radius 2 is 1.88 bits per heavy atom. The van der Waals surface area contributed by atoms with Gasteiger partial charge in [-0.2, -0.15) is 5.10 Å². The van der Waals surface area contributed by atoms with E-state index in [0.717, 1.165) is 25.2 Å². The summed E-state index contributed by atoms with van der Waals surface area (Å²) < 4.78 is 0. The third-order valence-corrected chi connectivity index (χ3v) is 2.36. The zero-order valence-corrected chi connectivity index (χ0v) is 9.13. The molecule has 0 aliphatic rings. The van der Waals surface area contributed by atoms with Crippen LogP contribution >= 0.6 is 0 Å². The molecule has 0 radical (unpaired) electrons. The summed E-state index contributed by atoms with van der Waals surface area (Å²) in [6.07, 6.45) is 3.86. The number of nitrogens with one attached hydrogen (secondary N) is 1. The van der Waals surface area contributed by atoms with Gasteiger partial charge in [0.15, 0.2) is 0 Å². The van der Waals surface area contributed by atoms with Gasteiger partial charge in [-0.15, -0.1) is 5.10 Å². The molecule has 2 rings (SSSR count). The summed E-state index contributed by atoms with van der Waals surface area (Å²) in [6.45, 7) is 0.924. The molecule has 0 fully saturated rings. The minimum atomic E-state index is 0.843. The molecule has 0 aliphatic carbocycles. The van der Waals surface area contributed by atoms with Crippen LogP contribution in [-0.2, 0) is 6.42 Å². The molecule has 1 heterocycles. The third kappa shape index (κ3) is 3.35. The van der Waals surface area contributed by atoms with E-state index in [1.807, 2.05) is 18.2 Å². The van der Waals surface area contributed by atoms with Gasteiger partial charge in [0.1, 0.15) is 5.82 Å². The average molecular weight is 213 g/mol. The highest BCUT2D eigenvalue weighted by Crippen LogP contribution is 2.03. The number of nitrogens with zero attached hydrogens (tertiary/aromatic N) is 2. The van der Waals surface area contributed by atoms with Crippen molar-refractivity contribution in [2.75, 3.05) is 11.9 Å². The van der Waals surface area contributed by atoms with E-state index < -0.39 is 0 Å². The molecule has 0 amide bonds. The largest absolute Gasteiger partial charge is 0.369 e. The van der Waals surface area contributed by atoms with E-state index in [0.29, 0.717) is 0 Å². The fraction of sp³-hybridized carbons (Fsp3) is 0.231. The second-order valence-corrected chi connectivity index (χ2v) is 3.62. The van der Waals surface area contributed by atoms with Gasteiger partial charge < -0.3 is 5.32 Å². The first kappa shape index (κ1) is 10.6. The third-order valence-electron chi connectivity index (χ3n) is 2.36. The minimum Gasteiger partial charge on any atom is -0.369 e. The number of benzene rings is 1. The Kier molecular flexibility index (Phi) is 3.88. The molecule has 0 saturated heterocycles. The number of anilines is 1. The quantitative estimate of drug-likeness (QED) is 0.775. The van der Waals surface area contributed by atoms with Crippen LogP contribution in [0, 0.1) is 0 Å². The number of hydrogen-bond donors (Lipinski definition) is 1. The highest BCUT2D eigenvalue weighted by atomic mass is 15.2. The molecular formula is C13H15N3. The standard InChI is InChI=1S/C13H15N3/c1-2-6-12(7-3-1)8-4-10-14-13-9-5-11-15-16-13/h1-3,5-7,9,11H,4,8,10H2,(H,14,16). The highest BCUT2D eigenvalue weighted by molar-refractivity contribution is 5.31. The van der Waals surface area contributed by atoms with Crippen molar-refractivity contribution in [3.63, 3.8) is 0 Å². The summed E-state index contributed by atoms with van der Waals surface area (Å²) in [5.74, 6) is 0.843. The number of aromatic nitrogens is 2. The summed E-state index contributed by atoms with van der Waals surface area (Å²) >= 11 is 0. The fourth-order valence-corrected chi connectivity index (χ4v) is 1.55. The van der Waals surface area contributed by atoms with E-state index in [1.165, 1.54) is 5.56 Å². The Labute approximate surface area is 95.5 Å². The molecular weight excluding hydrogens is 198 g/mol. The first-order chi connectivity index (χ1) is 7.95. The Balaban J connectivity index is 1.70. The molecule has 0 bridgehead atoms. The first-order valence-electron chi connectivity index (χ1n) is 5.50. The molecule has 1 N–H and O–H groups in total. The van der Waals surface area contributed by atoms with Gasteiger partial charge in [-0.3, -0.25) is 0 Å². The lowest BCUT2D eigenvalue weighted by Gasteiger charge is -2.04. The highest BCUT2D eigenvalue weighted by Gasteiger charge is 1.93. The summed E-state index contributed by atoms with van der Waals surface area (Å²) in [4.78, 5) is 0. The van der Waals surface area contributed by atoms with Crippen molar-refractivity contribution in [3.05, 3.63) is 54.2 Å². The van der Waals surface area contributed by atoms with Gasteiger partial charge in [-0.05, 0) is 30.5 Å². The van der Waals surface area contributed by atoms with Crippen LogP contribution in [0.1, 0.15) is 12.0 Å². The Morgan fingerprint density at radius 1 is 1.00 bits per heavy atom. The number of rotatable bonds is 5. The van der Waals surface area contributed by atoms with Crippen molar-refractivity contribution < 1.29 is 0 Å². The lowest BCUT2D eigenvalue weighted by Crippen LogP contribution is -2.04. The van der Waals surface area contributed by atoms with Gasteiger partial charge in [0.05, 0.1) is 0 Å². The molecule has 0 unspecified atom stereocenters. The molecule has 1 aromatic carbocycles. The van der Waals surface area contributed by atoms with Crippen LogP contribution in [0.2, 0.25) is 0 Å². The molecule has 0 spiro atoms. The normalized spacial score (nSPS) is 10.0. The maximum Gasteiger partial charge on any atom is 0.148 e. The lowest BCUT2D eigenvalue weighted by atomic mass is 10.1. The van der Waals surface area contributed by atoms with E-state index >= 15 is 0 Å². The lowest BCUT2D eigenvalue weighted by molar-refractivity contribution is 0.853. The van der Waals surface area contributed by atoms with Crippen molar-refractivity contribution in [1.29, 1.82) is 0 Å². The maximum atomic E-state index is 3.96. The smallest absolute Gasteiger partial charge is 0.148 e. The molecule has 0 aliphatic heterocycles. The van der Waals surface area contributed by atoms with E-state index in [2.05, 4.69) is 39.8 Å². The van der Waals surface area contributed by atoms with E-state index in [-0.39, 0.29) is 0 Å². The molecule has 3 heteroatoms. The van der Waals surface area contributed by atoms with Crippen LogP contribution in [0.5, 0.6) is 0 Å². The SMILES string of the molecule is c1ccc(CCCNc2cccnn2)cc1. The van der Waals surface area contributed by atoms with E-state index in [1.54, 1.807) is 6.20 Å². The second kappa shape index (κ2) is 5.85. The predicted octanol–water partition coefficient (Wildman–Crippen LogP) is 2.52. The van der Waals surface area contributed by atoms with Crippen LogP contribution in [0.15, 0.2) is 48.7 Å². The van der Waals surface area contributed by atoms with Crippen LogP contribution in [0.25, 0.3) is 0 Å². The van der Waals surface area contributed by atoms with E-state index in [4.69, 9.17) is 0 Å². The Hall–Kier alpha value is -1.90. The molecule has 16 heavy (non-hydrogen) atoms. The molecule has 3 nitrogen and oxygen atoms in total. The molecule has 82 valence electrons. The van der Waals surface area contributed by atoms with Crippen LogP contribution in [-0.4, -0.2) is 16.7 Å². The van der Waals surface area contributed by atoms with Crippen molar-refractivity contribution >= 4 is 5.82 Å². The van der Waals surface area contributed by atoms with E-state index in [9.17, 15) is 0 Å². The topological polar surface area (TPSA) is 37.8 Å². The monoisotopic (exact) mass is 213 g/mol. The molecule has 0 saturated carbocycles. The van der Waals surface area contributed by atoms with Gasteiger partial charge in [0.2, 0.25) is 0 Å². The van der Waals surface area contributed by atoms with Gasteiger partial charge >= 0.3 is 0 Å². The molecule has 1 aromatic heterocycles. The Morgan fingerprint density at radius 3 is 2.62 bits per heavy atom. The van der Waals surface area contributed by atoms with Crippen molar-refractivity contribution in [3.8, 4) is 0 Å². The fourth-order valence-electron chi connectivity index (χ4n) is 1.55. The summed E-state index contributed by atoms with van der Waals surface area (Å²) in [6, 6.07) is 14.3. The predicted molar refractivity (Wildman–Crippen MR) is 65.3 cm³/mol. The van der Waals surface area contributed by atoms with Gasteiger partial charge in [-0.25, -0.2) is 0 Å². The average Bonchev–Trinajstić information content (AvgIpc) is 2.37.